The number of nitriles is 2. The van der Waals surface area contributed by atoms with Crippen molar-refractivity contribution in [1.29, 1.82) is 10.5 Å². The summed E-state index contributed by atoms with van der Waals surface area (Å²) >= 11 is 0. The molecule has 138 valence electrons. The molecule has 7 heteroatoms. The number of aliphatic hydroxyl groups is 1. The molecule has 1 aliphatic carbocycles. The largest absolute Gasteiger partial charge is 0.385 e. The molecule has 1 saturated carbocycles. The van der Waals surface area contributed by atoms with Crippen molar-refractivity contribution < 1.29 is 5.11 Å². The quantitative estimate of drug-likeness (QED) is 0.866. The maximum absolute atomic E-state index is 10.1. The topological polar surface area (TPSA) is 111 Å². The highest BCUT2D eigenvalue weighted by atomic mass is 16.3. The molecule has 26 heavy (non-hydrogen) atoms. The lowest BCUT2D eigenvalue weighted by Gasteiger charge is -2.30. The number of rotatable bonds is 4. The van der Waals surface area contributed by atoms with Gasteiger partial charge in [-0.1, -0.05) is 0 Å². The van der Waals surface area contributed by atoms with Crippen LogP contribution in [0.4, 0.5) is 5.82 Å². The molecule has 3 rings (SSSR count). The third kappa shape index (κ3) is 4.30. The number of pyridine rings is 1. The molecule has 0 radical (unpaired) electrons. The molecular formula is C19H26N6O. The number of anilines is 1. The van der Waals surface area contributed by atoms with Crippen LogP contribution in [-0.2, 0) is 0 Å². The van der Waals surface area contributed by atoms with Crippen molar-refractivity contribution in [3.63, 3.8) is 0 Å². The summed E-state index contributed by atoms with van der Waals surface area (Å²) in [6.07, 6.45) is 5.95. The Morgan fingerprint density at radius 3 is 2.54 bits per heavy atom. The molecule has 1 aliphatic rings. The second-order valence-electron chi connectivity index (χ2n) is 6.58. The molecule has 2 N–H and O–H groups in total. The Labute approximate surface area is 154 Å². The van der Waals surface area contributed by atoms with E-state index < -0.39 is 6.10 Å². The standard InChI is InChI=1S/C17H23N5O.C2H3N/c1-11(23)17-21-14-10-20-16(19-2)9-15(14)22(17)13-5-3-12(4-6-13)7-8-18;1-2-3/h9-13,23H,3-7H2,1-2H3,(H,19,20);1H3/t11-,12?,13?;/m1./s1. The van der Waals surface area contributed by atoms with Crippen LogP contribution >= 0.6 is 0 Å². The zero-order valence-electron chi connectivity index (χ0n) is 15.6. The number of hydrogen-bond donors (Lipinski definition) is 2. The smallest absolute Gasteiger partial charge is 0.138 e. The molecule has 0 aromatic carbocycles. The average molecular weight is 354 g/mol. The second-order valence-corrected chi connectivity index (χ2v) is 6.58. The Kier molecular flexibility index (Phi) is 6.94. The fraction of sp³-hybridized carbons (Fsp3) is 0.579. The summed E-state index contributed by atoms with van der Waals surface area (Å²) in [7, 11) is 1.84. The summed E-state index contributed by atoms with van der Waals surface area (Å²) in [5, 5.41) is 29.4. The normalized spacial score (nSPS) is 20.4. The third-order valence-electron chi connectivity index (χ3n) is 4.79. The van der Waals surface area contributed by atoms with Gasteiger partial charge < -0.3 is 15.0 Å². The lowest BCUT2D eigenvalue weighted by atomic mass is 9.84. The van der Waals surface area contributed by atoms with Crippen LogP contribution in [0, 0.1) is 28.6 Å². The van der Waals surface area contributed by atoms with E-state index in [0.29, 0.717) is 24.2 Å². The molecule has 1 fully saturated rings. The molecule has 2 heterocycles. The van der Waals surface area contributed by atoms with Gasteiger partial charge in [-0.05, 0) is 38.5 Å². The predicted octanol–water partition coefficient (Wildman–Crippen LogP) is 3.70. The number of nitrogens with zero attached hydrogens (tertiary/aromatic N) is 5. The number of hydrogen-bond acceptors (Lipinski definition) is 6. The zero-order valence-corrected chi connectivity index (χ0v) is 15.6. The lowest BCUT2D eigenvalue weighted by Crippen LogP contribution is -2.20. The van der Waals surface area contributed by atoms with Gasteiger partial charge in [0.15, 0.2) is 0 Å². The van der Waals surface area contributed by atoms with Crippen molar-refractivity contribution >= 4 is 16.9 Å². The number of aromatic nitrogens is 3. The van der Waals surface area contributed by atoms with Crippen LogP contribution < -0.4 is 5.32 Å². The molecule has 0 amide bonds. The number of aliphatic hydroxyl groups excluding tert-OH is 1. The van der Waals surface area contributed by atoms with Gasteiger partial charge in [-0.2, -0.15) is 10.5 Å². The first-order chi connectivity index (χ1) is 12.5. The van der Waals surface area contributed by atoms with Crippen molar-refractivity contribution in [2.75, 3.05) is 12.4 Å². The molecule has 1 atom stereocenters. The third-order valence-corrected chi connectivity index (χ3v) is 4.79. The van der Waals surface area contributed by atoms with Gasteiger partial charge >= 0.3 is 0 Å². The van der Waals surface area contributed by atoms with Gasteiger partial charge in [-0.3, -0.25) is 0 Å². The van der Waals surface area contributed by atoms with E-state index in [0.717, 1.165) is 42.5 Å². The van der Waals surface area contributed by atoms with Crippen LogP contribution in [-0.4, -0.2) is 26.7 Å². The summed E-state index contributed by atoms with van der Waals surface area (Å²) in [6.45, 7) is 3.19. The zero-order chi connectivity index (χ0) is 19.1. The Bertz CT molecular complexity index is 806. The van der Waals surface area contributed by atoms with Crippen LogP contribution in [0.2, 0.25) is 0 Å². The summed E-state index contributed by atoms with van der Waals surface area (Å²) in [6, 6.07) is 6.36. The highest BCUT2D eigenvalue weighted by Gasteiger charge is 2.27. The van der Waals surface area contributed by atoms with E-state index in [1.165, 1.54) is 6.92 Å². The number of nitrogens with one attached hydrogen (secondary N) is 1. The molecule has 2 aromatic heterocycles. The first-order valence-electron chi connectivity index (χ1n) is 8.97. The number of fused-ring (bicyclic) bond motifs is 1. The SMILES string of the molecule is CC#N.CNc1cc2c(cn1)nc([C@@H](C)O)n2C1CCC(CC#N)CC1. The highest BCUT2D eigenvalue weighted by Crippen LogP contribution is 2.37. The first kappa shape index (κ1) is 19.7. The van der Waals surface area contributed by atoms with Gasteiger partial charge in [0, 0.05) is 32.5 Å². The van der Waals surface area contributed by atoms with Gasteiger partial charge in [0.05, 0.1) is 23.9 Å². The maximum atomic E-state index is 10.1. The molecule has 2 aromatic rings. The molecule has 0 aliphatic heterocycles. The van der Waals surface area contributed by atoms with Gasteiger partial charge in [0.2, 0.25) is 0 Å². The van der Waals surface area contributed by atoms with Crippen LogP contribution in [0.25, 0.3) is 11.0 Å². The summed E-state index contributed by atoms with van der Waals surface area (Å²) < 4.78 is 2.19. The maximum Gasteiger partial charge on any atom is 0.138 e. The highest BCUT2D eigenvalue weighted by molar-refractivity contribution is 5.78. The summed E-state index contributed by atoms with van der Waals surface area (Å²) in [5.74, 6) is 2.02. The summed E-state index contributed by atoms with van der Waals surface area (Å²) in [4.78, 5) is 8.90. The Morgan fingerprint density at radius 1 is 1.35 bits per heavy atom. The van der Waals surface area contributed by atoms with Crippen molar-refractivity contribution in [2.24, 2.45) is 5.92 Å². The minimum atomic E-state index is -0.614. The predicted molar refractivity (Wildman–Crippen MR) is 100 cm³/mol. The van der Waals surface area contributed by atoms with Crippen LogP contribution in [0.5, 0.6) is 0 Å². The van der Waals surface area contributed by atoms with Gasteiger partial charge in [0.25, 0.3) is 0 Å². The van der Waals surface area contributed by atoms with Gasteiger partial charge in [-0.15, -0.1) is 0 Å². The van der Waals surface area contributed by atoms with Crippen molar-refractivity contribution in [3.8, 4) is 12.1 Å². The van der Waals surface area contributed by atoms with Gasteiger partial charge in [0.1, 0.15) is 23.3 Å². The van der Waals surface area contributed by atoms with E-state index in [2.05, 4.69) is 25.9 Å². The van der Waals surface area contributed by atoms with E-state index >= 15 is 0 Å². The Balaban J connectivity index is 0.000000758. The van der Waals surface area contributed by atoms with Crippen molar-refractivity contribution in [3.05, 3.63) is 18.1 Å². The van der Waals surface area contributed by atoms with E-state index in [-0.39, 0.29) is 0 Å². The van der Waals surface area contributed by atoms with Gasteiger partial charge in [-0.25, -0.2) is 9.97 Å². The lowest BCUT2D eigenvalue weighted by molar-refractivity contribution is 0.175. The average Bonchev–Trinajstić information content (AvgIpc) is 3.02. The molecule has 7 nitrogen and oxygen atoms in total. The van der Waals surface area contributed by atoms with E-state index in [1.807, 2.05) is 13.1 Å². The fourth-order valence-corrected chi connectivity index (χ4v) is 3.57. The van der Waals surface area contributed by atoms with E-state index in [1.54, 1.807) is 19.2 Å². The monoisotopic (exact) mass is 354 g/mol. The molecule has 0 bridgehead atoms. The van der Waals surface area contributed by atoms with Crippen molar-refractivity contribution in [1.82, 2.24) is 14.5 Å². The van der Waals surface area contributed by atoms with E-state index in [4.69, 9.17) is 10.5 Å². The van der Waals surface area contributed by atoms with E-state index in [9.17, 15) is 5.11 Å². The van der Waals surface area contributed by atoms with Crippen LogP contribution in [0.3, 0.4) is 0 Å². The molecule has 0 spiro atoms. The summed E-state index contributed by atoms with van der Waals surface area (Å²) in [5.41, 5.74) is 1.84. The first-order valence-corrected chi connectivity index (χ1v) is 8.97. The molecule has 0 saturated heterocycles. The molecule has 0 unspecified atom stereocenters. The molecular weight excluding hydrogens is 328 g/mol. The minimum Gasteiger partial charge on any atom is -0.385 e. The number of imidazole rings is 1. The minimum absolute atomic E-state index is 0.326. The fourth-order valence-electron chi connectivity index (χ4n) is 3.57. The second kappa shape index (κ2) is 9.17. The van der Waals surface area contributed by atoms with Crippen LogP contribution in [0.1, 0.15) is 63.9 Å². The Hall–Kier alpha value is -2.64. The van der Waals surface area contributed by atoms with Crippen molar-refractivity contribution in [2.45, 2.75) is 58.1 Å². The van der Waals surface area contributed by atoms with Crippen LogP contribution in [0.15, 0.2) is 12.3 Å². The Morgan fingerprint density at radius 2 is 2.00 bits per heavy atom.